The van der Waals surface area contributed by atoms with Crippen LogP contribution in [0.2, 0.25) is 0 Å². The van der Waals surface area contributed by atoms with Gasteiger partial charge in [-0.1, -0.05) is 114 Å². The van der Waals surface area contributed by atoms with Crippen LogP contribution in [0.15, 0.2) is 73.2 Å². The molecule has 6 N–H and O–H groups in total. The van der Waals surface area contributed by atoms with Gasteiger partial charge < -0.3 is 30.8 Å². The molecule has 13 nitrogen and oxygen atoms in total. The number of ether oxygens (including phenoxy) is 1. The first-order valence-corrected chi connectivity index (χ1v) is 21.3. The van der Waals surface area contributed by atoms with Crippen LogP contribution in [0.5, 0.6) is 0 Å². The molecule has 0 bridgehead atoms. The number of amides is 3. The molecule has 0 saturated heterocycles. The Labute approximate surface area is 326 Å². The number of nitrogens with one attached hydrogen (secondary N) is 5. The number of benzene rings is 2. The van der Waals surface area contributed by atoms with E-state index < -0.39 is 52.2 Å². The number of nitrogens with zero attached hydrogens (tertiary/aromatic N) is 1. The predicted octanol–water partition coefficient (Wildman–Crippen LogP) is 4.78. The van der Waals surface area contributed by atoms with E-state index in [0.717, 1.165) is 43.2 Å². The summed E-state index contributed by atoms with van der Waals surface area (Å²) in [6, 6.07) is 15.6. The van der Waals surface area contributed by atoms with Crippen molar-refractivity contribution in [3.8, 4) is 0 Å². The van der Waals surface area contributed by atoms with Crippen LogP contribution in [-0.2, 0) is 43.8 Å². The summed E-state index contributed by atoms with van der Waals surface area (Å²) in [6.45, 7) is 6.00. The molecule has 1 aliphatic carbocycles. The highest BCUT2D eigenvalue weighted by Crippen LogP contribution is 2.29. The molecular weight excluding hydrogens is 721 g/mol. The van der Waals surface area contributed by atoms with E-state index in [2.05, 4.69) is 30.6 Å². The van der Waals surface area contributed by atoms with Crippen molar-refractivity contribution in [2.45, 2.75) is 116 Å². The zero-order valence-corrected chi connectivity index (χ0v) is 33.2. The Bertz CT molecular complexity index is 1690. The fourth-order valence-electron chi connectivity index (χ4n) is 7.08. The summed E-state index contributed by atoms with van der Waals surface area (Å²) in [5, 5.41) is 20.5. The van der Waals surface area contributed by atoms with Crippen molar-refractivity contribution in [1.82, 2.24) is 30.6 Å². The Hall–Kier alpha value is -4.27. The van der Waals surface area contributed by atoms with Gasteiger partial charge in [-0.2, -0.15) is 0 Å². The van der Waals surface area contributed by atoms with Gasteiger partial charge in [0.25, 0.3) is 0 Å². The van der Waals surface area contributed by atoms with Crippen molar-refractivity contribution in [3.05, 3.63) is 90.0 Å². The van der Waals surface area contributed by atoms with E-state index >= 15 is 0 Å². The average Bonchev–Trinajstić information content (AvgIpc) is 3.69. The van der Waals surface area contributed by atoms with E-state index in [0.29, 0.717) is 24.5 Å². The fraction of sp³-hybridized carbons (Fsp3) is 0.561. The Morgan fingerprint density at radius 3 is 2.15 bits per heavy atom. The van der Waals surface area contributed by atoms with Gasteiger partial charge in [0.05, 0.1) is 29.9 Å². The number of hydrogen-bond donors (Lipinski definition) is 6. The van der Waals surface area contributed by atoms with Gasteiger partial charge in [0.15, 0.2) is 0 Å². The Morgan fingerprint density at radius 2 is 1.53 bits per heavy atom. The lowest BCUT2D eigenvalue weighted by atomic mass is 9.81. The topological polar surface area (TPSA) is 192 Å². The SMILES string of the molecule is CCCS(=O)(=O)NC[C@@H](C[C@H](O)[C@H](CC1CCCCC1)NC(=O)[C@H](Cc1c[nH]cn1)NC(=O)[C@H](Cc1ccccc1)NC(=O)OCc1ccccc1)C(C)C. The molecule has 0 aliphatic heterocycles. The lowest BCUT2D eigenvalue weighted by Gasteiger charge is -2.34. The Morgan fingerprint density at radius 1 is 0.891 bits per heavy atom. The van der Waals surface area contributed by atoms with Crippen molar-refractivity contribution in [2.24, 2.45) is 17.8 Å². The van der Waals surface area contributed by atoms with Crippen LogP contribution in [0.3, 0.4) is 0 Å². The number of rotatable bonds is 22. The minimum absolute atomic E-state index is 0.0174. The number of aliphatic hydroxyl groups is 1. The smallest absolute Gasteiger partial charge is 0.408 e. The third-order valence-corrected chi connectivity index (χ3v) is 11.9. The minimum atomic E-state index is -3.44. The first-order chi connectivity index (χ1) is 26.4. The molecule has 3 aromatic rings. The zero-order valence-electron chi connectivity index (χ0n) is 32.4. The Balaban J connectivity index is 1.53. The lowest BCUT2D eigenvalue weighted by molar-refractivity contribution is -0.131. The second-order valence-electron chi connectivity index (χ2n) is 15.1. The van der Waals surface area contributed by atoms with E-state index in [1.165, 1.54) is 6.33 Å². The number of hydrogen-bond acceptors (Lipinski definition) is 8. The summed E-state index contributed by atoms with van der Waals surface area (Å²) in [4.78, 5) is 48.6. The molecule has 14 heteroatoms. The lowest BCUT2D eigenvalue weighted by Crippen LogP contribution is -2.57. The van der Waals surface area contributed by atoms with E-state index in [1.807, 2.05) is 81.4 Å². The molecule has 302 valence electrons. The zero-order chi connectivity index (χ0) is 39.6. The number of carbonyl (C=O) groups excluding carboxylic acids is 3. The number of aliphatic hydroxyl groups excluding tert-OH is 1. The number of imidazole rings is 1. The summed E-state index contributed by atoms with van der Waals surface area (Å²) < 4.78 is 33.1. The second-order valence-corrected chi connectivity index (χ2v) is 17.0. The van der Waals surface area contributed by atoms with Gasteiger partial charge in [-0.3, -0.25) is 9.59 Å². The van der Waals surface area contributed by atoms with Crippen molar-refractivity contribution in [3.63, 3.8) is 0 Å². The predicted molar refractivity (Wildman–Crippen MR) is 212 cm³/mol. The van der Waals surface area contributed by atoms with E-state index in [-0.39, 0.29) is 50.0 Å². The summed E-state index contributed by atoms with van der Waals surface area (Å²) in [5.41, 5.74) is 2.13. The summed E-state index contributed by atoms with van der Waals surface area (Å²) >= 11 is 0. The van der Waals surface area contributed by atoms with Gasteiger partial charge in [-0.15, -0.1) is 0 Å². The summed E-state index contributed by atoms with van der Waals surface area (Å²) in [7, 11) is -3.44. The quantitative estimate of drug-likeness (QED) is 0.0839. The van der Waals surface area contributed by atoms with Crippen LogP contribution in [0, 0.1) is 17.8 Å². The summed E-state index contributed by atoms with van der Waals surface area (Å²) in [6.07, 6.45) is 8.20. The number of alkyl carbamates (subject to hydrolysis) is 1. The van der Waals surface area contributed by atoms with Gasteiger partial charge in [0, 0.05) is 25.6 Å². The van der Waals surface area contributed by atoms with Crippen molar-refractivity contribution in [2.75, 3.05) is 12.3 Å². The molecule has 1 fully saturated rings. The van der Waals surface area contributed by atoms with E-state index in [1.54, 1.807) is 6.20 Å². The van der Waals surface area contributed by atoms with Gasteiger partial charge >= 0.3 is 6.09 Å². The number of aromatic nitrogens is 2. The molecule has 1 heterocycles. The van der Waals surface area contributed by atoms with Crippen LogP contribution in [0.4, 0.5) is 4.79 Å². The molecule has 3 amide bonds. The molecule has 4 rings (SSSR count). The molecule has 1 aromatic heterocycles. The standard InChI is InChI=1S/C41H60N6O7S/c1-4-20-55(52,53)44-25-33(29(2)3)23-38(48)35(21-30-14-8-5-9-15-30)45-40(50)37(24-34-26-42-28-43-34)46-39(49)36(22-31-16-10-6-11-17-31)47-41(51)54-27-32-18-12-7-13-19-32/h6-7,10-13,16-19,26,28-30,33,35-38,44,48H,4-5,8-9,14-15,20-25,27H2,1-3H3,(H,42,43)(H,45,50)(H,46,49)(H,47,51)/t33-,35+,36+,37+,38+/m1/s1. The maximum atomic E-state index is 14.3. The molecule has 1 aliphatic rings. The van der Waals surface area contributed by atoms with Crippen molar-refractivity contribution < 1.29 is 32.6 Å². The van der Waals surface area contributed by atoms with Gasteiger partial charge in [0.1, 0.15) is 18.7 Å². The van der Waals surface area contributed by atoms with Gasteiger partial charge in [-0.05, 0) is 48.1 Å². The van der Waals surface area contributed by atoms with Crippen LogP contribution in [-0.4, -0.2) is 77.9 Å². The highest BCUT2D eigenvalue weighted by atomic mass is 32.2. The first kappa shape index (κ1) is 43.5. The van der Waals surface area contributed by atoms with Gasteiger partial charge in [0.2, 0.25) is 21.8 Å². The van der Waals surface area contributed by atoms with Crippen LogP contribution in [0.25, 0.3) is 0 Å². The minimum Gasteiger partial charge on any atom is -0.445 e. The van der Waals surface area contributed by atoms with Crippen LogP contribution >= 0.6 is 0 Å². The molecule has 0 unspecified atom stereocenters. The number of aromatic amines is 1. The highest BCUT2D eigenvalue weighted by molar-refractivity contribution is 7.89. The fourth-order valence-corrected chi connectivity index (χ4v) is 8.23. The second kappa shape index (κ2) is 22.3. The molecule has 0 spiro atoms. The maximum absolute atomic E-state index is 14.3. The molecule has 5 atom stereocenters. The monoisotopic (exact) mass is 780 g/mol. The average molecular weight is 781 g/mol. The highest BCUT2D eigenvalue weighted by Gasteiger charge is 2.33. The maximum Gasteiger partial charge on any atom is 0.408 e. The van der Waals surface area contributed by atoms with E-state index in [9.17, 15) is 27.9 Å². The summed E-state index contributed by atoms with van der Waals surface area (Å²) in [5.74, 6) is -0.870. The first-order valence-electron chi connectivity index (χ1n) is 19.7. The third-order valence-electron chi connectivity index (χ3n) is 10.3. The largest absolute Gasteiger partial charge is 0.445 e. The number of H-pyrrole nitrogens is 1. The number of sulfonamides is 1. The van der Waals surface area contributed by atoms with Crippen LogP contribution in [0.1, 0.15) is 89.0 Å². The van der Waals surface area contributed by atoms with Crippen molar-refractivity contribution >= 4 is 27.9 Å². The molecule has 55 heavy (non-hydrogen) atoms. The molecule has 1 saturated carbocycles. The molecule has 0 radical (unpaired) electrons. The Kier molecular flexibility index (Phi) is 17.6. The third kappa shape index (κ3) is 15.4. The van der Waals surface area contributed by atoms with Crippen LogP contribution < -0.4 is 20.7 Å². The van der Waals surface area contributed by atoms with Gasteiger partial charge in [-0.25, -0.2) is 22.9 Å². The van der Waals surface area contributed by atoms with Crippen molar-refractivity contribution in [1.29, 1.82) is 0 Å². The number of carbonyl (C=O) groups is 3. The molecule has 2 aromatic carbocycles. The normalized spacial score (nSPS) is 16.4. The van der Waals surface area contributed by atoms with E-state index in [4.69, 9.17) is 4.74 Å². The molecular formula is C41H60N6O7S.